The smallest absolute Gasteiger partial charge is 0.414 e. The number of carboxylic acids is 1. The number of nitro groups is 1. The third-order valence-electron chi connectivity index (χ3n) is 4.61. The molecule has 11 nitrogen and oxygen atoms in total. The van der Waals surface area contributed by atoms with Crippen molar-refractivity contribution in [3.05, 3.63) is 63.7 Å². The summed E-state index contributed by atoms with van der Waals surface area (Å²) in [6.07, 6.45) is -1.57. The second kappa shape index (κ2) is 10.6. The molecule has 0 aliphatic carbocycles. The Morgan fingerprint density at radius 3 is 2.15 bits per heavy atom. The SMILES string of the molecule is CN(C(=O)OCc1ccc([N+](=O)[O-])cc1N(C)C(=O)OC(C)(C)C)c1ccc(CC(=O)O)cc1. The molecule has 0 aliphatic heterocycles. The summed E-state index contributed by atoms with van der Waals surface area (Å²) < 4.78 is 10.7. The Kier molecular flexibility index (Phi) is 8.17. The minimum atomic E-state index is -0.962. The fraction of sp³-hybridized carbons (Fsp3) is 0.348. The van der Waals surface area contributed by atoms with Crippen molar-refractivity contribution in [2.24, 2.45) is 0 Å². The summed E-state index contributed by atoms with van der Waals surface area (Å²) in [5, 5.41) is 20.1. The van der Waals surface area contributed by atoms with Crippen LogP contribution in [0.3, 0.4) is 0 Å². The molecular formula is C23H27N3O8. The van der Waals surface area contributed by atoms with E-state index in [0.29, 0.717) is 16.8 Å². The molecule has 2 amide bonds. The number of hydrogen-bond donors (Lipinski definition) is 1. The zero-order chi connectivity index (χ0) is 25.6. The Morgan fingerprint density at radius 2 is 1.62 bits per heavy atom. The first-order valence-corrected chi connectivity index (χ1v) is 10.2. The van der Waals surface area contributed by atoms with Crippen LogP contribution >= 0.6 is 0 Å². The lowest BCUT2D eigenvalue weighted by Crippen LogP contribution is -2.34. The Balaban J connectivity index is 2.18. The quantitative estimate of drug-likeness (QED) is 0.462. The van der Waals surface area contributed by atoms with Gasteiger partial charge in [0.1, 0.15) is 12.2 Å². The van der Waals surface area contributed by atoms with E-state index in [-0.39, 0.29) is 24.4 Å². The van der Waals surface area contributed by atoms with Crippen molar-refractivity contribution in [2.45, 2.75) is 39.4 Å². The number of ether oxygens (including phenoxy) is 2. The standard InChI is InChI=1S/C23H27N3O8/c1-23(2,3)34-22(30)25(5)19-13-18(26(31)32)11-8-16(19)14-33-21(29)24(4)17-9-6-15(7-10-17)12-20(27)28/h6-11,13H,12,14H2,1-5H3,(H,27,28). The number of carbonyl (C=O) groups is 3. The summed E-state index contributed by atoms with van der Waals surface area (Å²) in [6.45, 7) is 4.82. The van der Waals surface area contributed by atoms with Crippen LogP contribution in [0.25, 0.3) is 0 Å². The molecule has 182 valence electrons. The summed E-state index contributed by atoms with van der Waals surface area (Å²) in [5.41, 5.74) is 0.572. The van der Waals surface area contributed by atoms with Crippen molar-refractivity contribution in [2.75, 3.05) is 23.9 Å². The van der Waals surface area contributed by atoms with Gasteiger partial charge in [-0.15, -0.1) is 0 Å². The van der Waals surface area contributed by atoms with E-state index in [0.717, 1.165) is 4.90 Å². The van der Waals surface area contributed by atoms with Crippen LogP contribution in [0.15, 0.2) is 42.5 Å². The molecule has 2 aromatic rings. The second-order valence-corrected chi connectivity index (χ2v) is 8.46. The Bertz CT molecular complexity index is 1080. The zero-order valence-corrected chi connectivity index (χ0v) is 19.6. The van der Waals surface area contributed by atoms with E-state index in [1.165, 1.54) is 37.2 Å². The van der Waals surface area contributed by atoms with Crippen LogP contribution in [-0.4, -0.2) is 47.9 Å². The van der Waals surface area contributed by atoms with Crippen LogP contribution in [0.2, 0.25) is 0 Å². The number of anilines is 2. The lowest BCUT2D eigenvalue weighted by Gasteiger charge is -2.26. The van der Waals surface area contributed by atoms with Crippen molar-refractivity contribution in [3.8, 4) is 0 Å². The highest BCUT2D eigenvalue weighted by atomic mass is 16.6. The molecule has 0 bridgehead atoms. The number of nitro benzene ring substituents is 1. The van der Waals surface area contributed by atoms with Crippen LogP contribution in [-0.2, 0) is 27.3 Å². The number of carbonyl (C=O) groups excluding carboxylic acids is 2. The maximum absolute atomic E-state index is 12.6. The third kappa shape index (κ3) is 7.19. The number of aliphatic carboxylic acids is 1. The van der Waals surface area contributed by atoms with E-state index in [9.17, 15) is 24.5 Å². The number of carboxylic acid groups (broad SMARTS) is 1. The van der Waals surface area contributed by atoms with Gasteiger partial charge in [0.2, 0.25) is 0 Å². The molecular weight excluding hydrogens is 446 g/mol. The second-order valence-electron chi connectivity index (χ2n) is 8.46. The molecule has 0 aliphatic rings. The van der Waals surface area contributed by atoms with Crippen molar-refractivity contribution < 1.29 is 33.9 Å². The minimum absolute atomic E-state index is 0.136. The van der Waals surface area contributed by atoms with Gasteiger partial charge in [-0.25, -0.2) is 9.59 Å². The van der Waals surface area contributed by atoms with Gasteiger partial charge >= 0.3 is 18.2 Å². The third-order valence-corrected chi connectivity index (χ3v) is 4.61. The van der Waals surface area contributed by atoms with E-state index < -0.39 is 28.7 Å². The van der Waals surface area contributed by atoms with E-state index in [1.807, 2.05) is 0 Å². The van der Waals surface area contributed by atoms with Gasteiger partial charge in [0.05, 0.1) is 17.0 Å². The molecule has 0 fully saturated rings. The van der Waals surface area contributed by atoms with Gasteiger partial charge in [0.15, 0.2) is 0 Å². The van der Waals surface area contributed by atoms with Gasteiger partial charge in [-0.1, -0.05) is 12.1 Å². The maximum Gasteiger partial charge on any atom is 0.414 e. The van der Waals surface area contributed by atoms with Crippen LogP contribution < -0.4 is 9.80 Å². The summed E-state index contributed by atoms with van der Waals surface area (Å²) in [7, 11) is 2.89. The lowest BCUT2D eigenvalue weighted by molar-refractivity contribution is -0.384. The van der Waals surface area contributed by atoms with Gasteiger partial charge in [-0.2, -0.15) is 0 Å². The van der Waals surface area contributed by atoms with Crippen molar-refractivity contribution in [1.29, 1.82) is 0 Å². The fourth-order valence-electron chi connectivity index (χ4n) is 2.88. The Hall–Kier alpha value is -4.15. The molecule has 0 atom stereocenters. The number of amides is 2. The van der Waals surface area contributed by atoms with Gasteiger partial charge in [-0.05, 0) is 44.5 Å². The van der Waals surface area contributed by atoms with Crippen LogP contribution in [0, 0.1) is 10.1 Å². The lowest BCUT2D eigenvalue weighted by atomic mass is 10.1. The van der Waals surface area contributed by atoms with Gasteiger partial charge in [0, 0.05) is 37.5 Å². The first-order valence-electron chi connectivity index (χ1n) is 10.2. The van der Waals surface area contributed by atoms with Crippen molar-refractivity contribution >= 4 is 35.2 Å². The number of nitrogens with zero attached hydrogens (tertiary/aromatic N) is 3. The molecule has 0 spiro atoms. The van der Waals surface area contributed by atoms with Crippen molar-refractivity contribution in [3.63, 3.8) is 0 Å². The number of benzene rings is 2. The van der Waals surface area contributed by atoms with Crippen LogP contribution in [0.1, 0.15) is 31.9 Å². The van der Waals surface area contributed by atoms with E-state index in [2.05, 4.69) is 0 Å². The largest absolute Gasteiger partial charge is 0.481 e. The maximum atomic E-state index is 12.6. The average Bonchev–Trinajstić information content (AvgIpc) is 2.75. The summed E-state index contributed by atoms with van der Waals surface area (Å²) in [5.74, 6) is -0.962. The molecule has 34 heavy (non-hydrogen) atoms. The minimum Gasteiger partial charge on any atom is -0.481 e. The zero-order valence-electron chi connectivity index (χ0n) is 19.6. The number of rotatable bonds is 7. The average molecular weight is 473 g/mol. The first-order chi connectivity index (χ1) is 15.8. The Morgan fingerprint density at radius 1 is 1.00 bits per heavy atom. The Labute approximate surface area is 196 Å². The number of non-ortho nitro benzene ring substituents is 1. The molecule has 2 rings (SSSR count). The van der Waals surface area contributed by atoms with Crippen LogP contribution in [0.4, 0.5) is 26.7 Å². The molecule has 0 heterocycles. The number of hydrogen-bond acceptors (Lipinski definition) is 7. The fourth-order valence-corrected chi connectivity index (χ4v) is 2.88. The highest BCUT2D eigenvalue weighted by Crippen LogP contribution is 2.28. The predicted molar refractivity (Wildman–Crippen MR) is 124 cm³/mol. The van der Waals surface area contributed by atoms with E-state index in [4.69, 9.17) is 14.6 Å². The highest BCUT2D eigenvalue weighted by molar-refractivity contribution is 5.89. The molecule has 11 heteroatoms. The monoisotopic (exact) mass is 473 g/mol. The molecule has 0 unspecified atom stereocenters. The topological polar surface area (TPSA) is 140 Å². The summed E-state index contributed by atoms with van der Waals surface area (Å²) >= 11 is 0. The van der Waals surface area contributed by atoms with Crippen LogP contribution in [0.5, 0.6) is 0 Å². The summed E-state index contributed by atoms with van der Waals surface area (Å²) in [4.78, 5) is 48.8. The molecule has 0 saturated heterocycles. The highest BCUT2D eigenvalue weighted by Gasteiger charge is 2.24. The first kappa shape index (κ1) is 26.1. The van der Waals surface area contributed by atoms with E-state index in [1.54, 1.807) is 45.0 Å². The molecule has 0 saturated carbocycles. The van der Waals surface area contributed by atoms with Gasteiger partial charge in [-0.3, -0.25) is 24.7 Å². The van der Waals surface area contributed by atoms with Crippen molar-refractivity contribution in [1.82, 2.24) is 0 Å². The molecule has 0 radical (unpaired) electrons. The molecule has 0 aromatic heterocycles. The van der Waals surface area contributed by atoms with E-state index >= 15 is 0 Å². The van der Waals surface area contributed by atoms with Gasteiger partial charge < -0.3 is 14.6 Å². The molecule has 1 N–H and O–H groups in total. The normalized spacial score (nSPS) is 10.9. The summed E-state index contributed by atoms with van der Waals surface area (Å²) in [6, 6.07) is 10.2. The molecule has 2 aromatic carbocycles. The predicted octanol–water partition coefficient (Wildman–Crippen LogP) is 4.37. The van der Waals surface area contributed by atoms with Gasteiger partial charge in [0.25, 0.3) is 5.69 Å².